The Bertz CT molecular complexity index is 572. The number of halogens is 3. The minimum Gasteiger partial charge on any atom is -0.298 e. The lowest BCUT2D eigenvalue weighted by molar-refractivity contribution is 0.112. The molecule has 2 aromatic rings. The maximum absolute atomic E-state index is 11.0. The van der Waals surface area contributed by atoms with Gasteiger partial charge in [-0.3, -0.25) is 9.48 Å². The topological polar surface area (TPSA) is 34.9 Å². The lowest BCUT2D eigenvalue weighted by Gasteiger charge is -2.00. The van der Waals surface area contributed by atoms with Crippen molar-refractivity contribution in [2.45, 2.75) is 0 Å². The number of hydrogen-bond acceptors (Lipinski definition) is 2. The van der Waals surface area contributed by atoms with Crippen LogP contribution in [0.1, 0.15) is 10.4 Å². The number of carbonyl (C=O) groups excluding carboxylic acids is 1. The van der Waals surface area contributed by atoms with E-state index in [1.54, 1.807) is 25.2 Å². The Morgan fingerprint density at radius 2 is 1.76 bits per heavy atom. The van der Waals surface area contributed by atoms with Gasteiger partial charge < -0.3 is 0 Å². The van der Waals surface area contributed by atoms with Gasteiger partial charge in [0, 0.05) is 22.7 Å². The fraction of sp³-hybridized carbons (Fsp3) is 0.0909. The molecular formula is C11H7Cl3N2O. The Morgan fingerprint density at radius 1 is 1.18 bits per heavy atom. The summed E-state index contributed by atoms with van der Waals surface area (Å²) in [6, 6.07) is 4.97. The van der Waals surface area contributed by atoms with Crippen molar-refractivity contribution in [2.24, 2.45) is 7.05 Å². The van der Waals surface area contributed by atoms with E-state index in [1.807, 2.05) is 0 Å². The van der Waals surface area contributed by atoms with Gasteiger partial charge in [0.2, 0.25) is 0 Å². The van der Waals surface area contributed by atoms with Crippen molar-refractivity contribution in [3.63, 3.8) is 0 Å². The van der Waals surface area contributed by atoms with E-state index in [0.717, 1.165) is 0 Å². The van der Waals surface area contributed by atoms with Gasteiger partial charge in [0.05, 0.1) is 5.56 Å². The molecule has 2 rings (SSSR count). The predicted molar refractivity (Wildman–Crippen MR) is 69.1 cm³/mol. The molecule has 0 radical (unpaired) electrons. The number of aryl methyl sites for hydroxylation is 1. The molecule has 6 heteroatoms. The van der Waals surface area contributed by atoms with E-state index in [-0.39, 0.29) is 5.15 Å². The zero-order chi connectivity index (χ0) is 12.6. The number of rotatable bonds is 2. The first kappa shape index (κ1) is 12.4. The molecule has 0 unspecified atom stereocenters. The summed E-state index contributed by atoms with van der Waals surface area (Å²) in [6.07, 6.45) is 0.666. The van der Waals surface area contributed by atoms with E-state index >= 15 is 0 Å². The van der Waals surface area contributed by atoms with Crippen LogP contribution in [-0.4, -0.2) is 16.1 Å². The van der Waals surface area contributed by atoms with Crippen molar-refractivity contribution in [3.8, 4) is 11.3 Å². The van der Waals surface area contributed by atoms with Gasteiger partial charge in [-0.2, -0.15) is 5.10 Å². The van der Waals surface area contributed by atoms with E-state index < -0.39 is 0 Å². The van der Waals surface area contributed by atoms with E-state index in [2.05, 4.69) is 5.10 Å². The summed E-state index contributed by atoms with van der Waals surface area (Å²) >= 11 is 17.8. The normalized spacial score (nSPS) is 10.6. The van der Waals surface area contributed by atoms with Gasteiger partial charge in [0.25, 0.3) is 0 Å². The molecule has 17 heavy (non-hydrogen) atoms. The lowest BCUT2D eigenvalue weighted by Crippen LogP contribution is -1.89. The third-order valence-corrected chi connectivity index (χ3v) is 3.15. The summed E-state index contributed by atoms with van der Waals surface area (Å²) in [5.41, 5.74) is 1.46. The lowest BCUT2D eigenvalue weighted by atomic mass is 10.1. The van der Waals surface area contributed by atoms with Gasteiger partial charge in [-0.25, -0.2) is 0 Å². The second-order valence-corrected chi connectivity index (χ2v) is 4.68. The molecule has 1 aromatic carbocycles. The molecule has 1 aromatic heterocycles. The summed E-state index contributed by atoms with van der Waals surface area (Å²) in [6.45, 7) is 0. The smallest absolute Gasteiger partial charge is 0.155 e. The number of aromatic nitrogens is 2. The van der Waals surface area contributed by atoms with Crippen LogP contribution in [0.15, 0.2) is 18.2 Å². The molecule has 0 atom stereocenters. The van der Waals surface area contributed by atoms with Gasteiger partial charge in [-0.1, -0.05) is 34.8 Å². The Hall–Kier alpha value is -1.03. The number of carbonyl (C=O) groups is 1. The fourth-order valence-corrected chi connectivity index (χ4v) is 2.23. The van der Waals surface area contributed by atoms with Crippen LogP contribution in [0, 0.1) is 0 Å². The molecular weight excluding hydrogens is 282 g/mol. The van der Waals surface area contributed by atoms with Crippen LogP contribution in [0.2, 0.25) is 15.2 Å². The Kier molecular flexibility index (Phi) is 3.43. The van der Waals surface area contributed by atoms with Crippen molar-refractivity contribution in [1.29, 1.82) is 0 Å². The molecule has 0 aliphatic heterocycles. The van der Waals surface area contributed by atoms with Crippen molar-refractivity contribution in [2.75, 3.05) is 0 Å². The number of nitrogens with zero attached hydrogens (tertiary/aromatic N) is 2. The van der Waals surface area contributed by atoms with Crippen LogP contribution in [0.25, 0.3) is 11.3 Å². The highest BCUT2D eigenvalue weighted by Crippen LogP contribution is 2.30. The highest BCUT2D eigenvalue weighted by Gasteiger charge is 2.16. The van der Waals surface area contributed by atoms with Gasteiger partial charge in [-0.15, -0.1) is 0 Å². The molecule has 0 saturated heterocycles. The molecule has 0 bridgehead atoms. The molecule has 0 aliphatic rings. The minimum atomic E-state index is 0.283. The standard InChI is InChI=1S/C11H7Cl3N2O/c1-16-11(14)9(5-17)10(15-16)6-2-7(12)4-8(13)3-6/h2-5H,1H3. The average molecular weight is 290 g/mol. The zero-order valence-electron chi connectivity index (χ0n) is 8.75. The third-order valence-electron chi connectivity index (χ3n) is 2.27. The quantitative estimate of drug-likeness (QED) is 0.787. The number of hydrogen-bond donors (Lipinski definition) is 0. The van der Waals surface area contributed by atoms with E-state index in [0.29, 0.717) is 33.2 Å². The fourth-order valence-electron chi connectivity index (χ4n) is 1.53. The highest BCUT2D eigenvalue weighted by atomic mass is 35.5. The van der Waals surface area contributed by atoms with Gasteiger partial charge >= 0.3 is 0 Å². The summed E-state index contributed by atoms with van der Waals surface area (Å²) in [7, 11) is 1.66. The molecule has 1 heterocycles. The van der Waals surface area contributed by atoms with E-state index in [1.165, 1.54) is 4.68 Å². The van der Waals surface area contributed by atoms with Crippen molar-refractivity contribution >= 4 is 41.1 Å². The van der Waals surface area contributed by atoms with Crippen molar-refractivity contribution in [1.82, 2.24) is 9.78 Å². The minimum absolute atomic E-state index is 0.283. The monoisotopic (exact) mass is 288 g/mol. The van der Waals surface area contributed by atoms with E-state index in [4.69, 9.17) is 34.8 Å². The molecule has 0 spiro atoms. The molecule has 0 N–H and O–H groups in total. The maximum atomic E-state index is 11.0. The first-order valence-corrected chi connectivity index (χ1v) is 5.80. The molecule has 88 valence electrons. The third kappa shape index (κ3) is 2.32. The second kappa shape index (κ2) is 4.69. The Balaban J connectivity index is 2.67. The largest absolute Gasteiger partial charge is 0.298 e. The molecule has 0 saturated carbocycles. The molecule has 0 amide bonds. The summed E-state index contributed by atoms with van der Waals surface area (Å²) in [5.74, 6) is 0. The van der Waals surface area contributed by atoms with Gasteiger partial charge in [-0.05, 0) is 18.2 Å². The summed E-state index contributed by atoms with van der Waals surface area (Å²) in [4.78, 5) is 11.0. The van der Waals surface area contributed by atoms with Crippen LogP contribution in [0.3, 0.4) is 0 Å². The Morgan fingerprint density at radius 3 is 2.29 bits per heavy atom. The maximum Gasteiger partial charge on any atom is 0.155 e. The predicted octanol–water partition coefficient (Wildman–Crippen LogP) is 3.86. The first-order chi connectivity index (χ1) is 8.02. The molecule has 0 aliphatic carbocycles. The van der Waals surface area contributed by atoms with Crippen LogP contribution in [0.4, 0.5) is 0 Å². The Labute approximate surface area is 113 Å². The van der Waals surface area contributed by atoms with Gasteiger partial charge in [0.15, 0.2) is 6.29 Å². The SMILES string of the molecule is Cn1nc(-c2cc(Cl)cc(Cl)c2)c(C=O)c1Cl. The van der Waals surface area contributed by atoms with Crippen LogP contribution < -0.4 is 0 Å². The van der Waals surface area contributed by atoms with Gasteiger partial charge in [0.1, 0.15) is 10.8 Å². The first-order valence-electron chi connectivity index (χ1n) is 4.67. The molecule has 0 fully saturated rings. The number of benzene rings is 1. The van der Waals surface area contributed by atoms with Crippen LogP contribution in [-0.2, 0) is 7.05 Å². The van der Waals surface area contributed by atoms with Crippen LogP contribution >= 0.6 is 34.8 Å². The summed E-state index contributed by atoms with van der Waals surface area (Å²) < 4.78 is 1.43. The van der Waals surface area contributed by atoms with Crippen LogP contribution in [0.5, 0.6) is 0 Å². The average Bonchev–Trinajstić information content (AvgIpc) is 2.54. The van der Waals surface area contributed by atoms with E-state index in [9.17, 15) is 4.79 Å². The highest BCUT2D eigenvalue weighted by molar-refractivity contribution is 6.35. The summed E-state index contributed by atoms with van der Waals surface area (Å²) in [5, 5.41) is 5.41. The molecule has 3 nitrogen and oxygen atoms in total. The number of aldehydes is 1. The van der Waals surface area contributed by atoms with Crippen molar-refractivity contribution in [3.05, 3.63) is 39.0 Å². The zero-order valence-corrected chi connectivity index (χ0v) is 11.0. The second-order valence-electron chi connectivity index (χ2n) is 3.45. The van der Waals surface area contributed by atoms with Crippen molar-refractivity contribution < 1.29 is 4.79 Å².